The van der Waals surface area contributed by atoms with Crippen molar-refractivity contribution in [3.63, 3.8) is 0 Å². The maximum Gasteiger partial charge on any atom is 0.191 e. The van der Waals surface area contributed by atoms with Gasteiger partial charge in [0.2, 0.25) is 0 Å². The molecule has 5 heteroatoms. The first-order valence-electron chi connectivity index (χ1n) is 7.88. The quantitative estimate of drug-likeness (QED) is 0.415. The van der Waals surface area contributed by atoms with Gasteiger partial charge >= 0.3 is 0 Å². The summed E-state index contributed by atoms with van der Waals surface area (Å²) in [5, 5.41) is 6.69. The number of hydrogen-bond donors (Lipinski definition) is 2. The van der Waals surface area contributed by atoms with Crippen LogP contribution < -0.4 is 10.6 Å². The maximum atomic E-state index is 4.75. The summed E-state index contributed by atoms with van der Waals surface area (Å²) in [6, 6.07) is 11.0. The molecule has 1 aromatic carbocycles. The SMILES string of the molecule is CCNC(=NCC(Cc1ccccc1)N(C)C)NCCSC. The molecule has 0 aliphatic rings. The van der Waals surface area contributed by atoms with Gasteiger partial charge in [0.05, 0.1) is 6.54 Å². The van der Waals surface area contributed by atoms with Gasteiger partial charge in [-0.25, -0.2) is 0 Å². The molecule has 1 unspecified atom stereocenters. The largest absolute Gasteiger partial charge is 0.357 e. The molecule has 0 aromatic heterocycles. The standard InChI is InChI=1S/C17H30N4S/c1-5-18-17(19-11-12-22-4)20-14-16(21(2)3)13-15-9-7-6-8-10-15/h6-10,16H,5,11-14H2,1-4H3,(H2,18,19,20). The molecular weight excluding hydrogens is 292 g/mol. The Hall–Kier alpha value is -1.20. The minimum Gasteiger partial charge on any atom is -0.357 e. The predicted octanol–water partition coefficient (Wildman–Crippen LogP) is 2.08. The molecule has 0 aliphatic carbocycles. The zero-order chi connectivity index (χ0) is 16.2. The van der Waals surface area contributed by atoms with Crippen LogP contribution in [-0.4, -0.2) is 62.6 Å². The van der Waals surface area contributed by atoms with E-state index in [0.717, 1.165) is 37.8 Å². The van der Waals surface area contributed by atoms with E-state index < -0.39 is 0 Å². The summed E-state index contributed by atoms with van der Waals surface area (Å²) in [5.41, 5.74) is 1.36. The van der Waals surface area contributed by atoms with Crippen molar-refractivity contribution in [3.8, 4) is 0 Å². The second kappa shape index (κ2) is 11.4. The fourth-order valence-electron chi connectivity index (χ4n) is 2.11. The summed E-state index contributed by atoms with van der Waals surface area (Å²) in [4.78, 5) is 7.00. The van der Waals surface area contributed by atoms with E-state index in [0.29, 0.717) is 6.04 Å². The van der Waals surface area contributed by atoms with Crippen molar-refractivity contribution in [2.24, 2.45) is 4.99 Å². The molecule has 22 heavy (non-hydrogen) atoms. The van der Waals surface area contributed by atoms with E-state index in [9.17, 15) is 0 Å². The second-order valence-electron chi connectivity index (χ2n) is 5.45. The van der Waals surface area contributed by atoms with E-state index in [1.807, 2.05) is 11.8 Å². The van der Waals surface area contributed by atoms with Gasteiger partial charge in [0.15, 0.2) is 5.96 Å². The van der Waals surface area contributed by atoms with Gasteiger partial charge in [-0.1, -0.05) is 30.3 Å². The van der Waals surface area contributed by atoms with Crippen LogP contribution in [-0.2, 0) is 6.42 Å². The number of guanidine groups is 1. The van der Waals surface area contributed by atoms with Crippen LogP contribution in [0.2, 0.25) is 0 Å². The van der Waals surface area contributed by atoms with Gasteiger partial charge in [-0.15, -0.1) is 0 Å². The number of rotatable bonds is 9. The van der Waals surface area contributed by atoms with E-state index in [-0.39, 0.29) is 0 Å². The van der Waals surface area contributed by atoms with Crippen molar-refractivity contribution < 1.29 is 0 Å². The van der Waals surface area contributed by atoms with E-state index in [2.05, 4.69) is 73.1 Å². The van der Waals surface area contributed by atoms with Gasteiger partial charge in [0, 0.05) is 24.9 Å². The Balaban J connectivity index is 2.61. The van der Waals surface area contributed by atoms with Crippen LogP contribution >= 0.6 is 11.8 Å². The third-order valence-electron chi connectivity index (χ3n) is 3.45. The van der Waals surface area contributed by atoms with Crippen molar-refractivity contribution in [2.75, 3.05) is 45.7 Å². The first-order valence-corrected chi connectivity index (χ1v) is 9.28. The van der Waals surface area contributed by atoms with Gasteiger partial charge in [0.1, 0.15) is 0 Å². The maximum absolute atomic E-state index is 4.75. The predicted molar refractivity (Wildman–Crippen MR) is 100.0 cm³/mol. The van der Waals surface area contributed by atoms with Crippen LogP contribution in [0.4, 0.5) is 0 Å². The third-order valence-corrected chi connectivity index (χ3v) is 4.06. The van der Waals surface area contributed by atoms with Crippen LogP contribution in [0, 0.1) is 0 Å². The number of benzene rings is 1. The van der Waals surface area contributed by atoms with Crippen LogP contribution in [0.5, 0.6) is 0 Å². The monoisotopic (exact) mass is 322 g/mol. The number of thioether (sulfide) groups is 1. The van der Waals surface area contributed by atoms with Gasteiger partial charge in [-0.05, 0) is 39.3 Å². The van der Waals surface area contributed by atoms with Crippen molar-refractivity contribution in [1.29, 1.82) is 0 Å². The highest BCUT2D eigenvalue weighted by atomic mass is 32.2. The zero-order valence-electron chi connectivity index (χ0n) is 14.3. The normalized spacial score (nSPS) is 13.2. The minimum absolute atomic E-state index is 0.401. The lowest BCUT2D eigenvalue weighted by Gasteiger charge is -2.23. The molecule has 0 radical (unpaired) electrons. The van der Waals surface area contributed by atoms with Crippen LogP contribution in [0.15, 0.2) is 35.3 Å². The molecule has 2 N–H and O–H groups in total. The van der Waals surface area contributed by atoms with Crippen molar-refractivity contribution in [2.45, 2.75) is 19.4 Å². The highest BCUT2D eigenvalue weighted by molar-refractivity contribution is 7.98. The first kappa shape index (κ1) is 18.8. The highest BCUT2D eigenvalue weighted by Gasteiger charge is 2.12. The van der Waals surface area contributed by atoms with Crippen molar-refractivity contribution in [1.82, 2.24) is 15.5 Å². The summed E-state index contributed by atoms with van der Waals surface area (Å²) in [5.74, 6) is 2.00. The lowest BCUT2D eigenvalue weighted by Crippen LogP contribution is -2.40. The average molecular weight is 323 g/mol. The van der Waals surface area contributed by atoms with Gasteiger partial charge in [-0.3, -0.25) is 4.99 Å². The number of nitrogens with one attached hydrogen (secondary N) is 2. The Kier molecular flexibility index (Phi) is 9.75. The molecule has 1 aromatic rings. The number of nitrogens with zero attached hydrogens (tertiary/aromatic N) is 2. The Morgan fingerprint density at radius 2 is 1.95 bits per heavy atom. The van der Waals surface area contributed by atoms with E-state index in [1.165, 1.54) is 5.56 Å². The van der Waals surface area contributed by atoms with Gasteiger partial charge < -0.3 is 15.5 Å². The lowest BCUT2D eigenvalue weighted by atomic mass is 10.1. The molecule has 0 spiro atoms. The molecule has 0 saturated heterocycles. The Morgan fingerprint density at radius 1 is 1.23 bits per heavy atom. The lowest BCUT2D eigenvalue weighted by molar-refractivity contribution is 0.298. The Morgan fingerprint density at radius 3 is 2.55 bits per heavy atom. The smallest absolute Gasteiger partial charge is 0.191 e. The second-order valence-corrected chi connectivity index (χ2v) is 6.43. The molecule has 0 saturated carbocycles. The average Bonchev–Trinajstić information content (AvgIpc) is 2.52. The van der Waals surface area contributed by atoms with E-state index in [4.69, 9.17) is 4.99 Å². The molecule has 0 amide bonds. The zero-order valence-corrected chi connectivity index (χ0v) is 15.1. The molecule has 1 rings (SSSR count). The molecule has 4 nitrogen and oxygen atoms in total. The fourth-order valence-corrected chi connectivity index (χ4v) is 2.41. The number of likely N-dealkylation sites (N-methyl/N-ethyl adjacent to an activating group) is 1. The minimum atomic E-state index is 0.401. The fraction of sp³-hybridized carbons (Fsp3) is 0.588. The van der Waals surface area contributed by atoms with Gasteiger partial charge in [-0.2, -0.15) is 11.8 Å². The van der Waals surface area contributed by atoms with Crippen molar-refractivity contribution >= 4 is 17.7 Å². The number of aliphatic imine (C=N–C) groups is 1. The summed E-state index contributed by atoms with van der Waals surface area (Å²) in [6.45, 7) is 4.71. The van der Waals surface area contributed by atoms with Crippen LogP contribution in [0.1, 0.15) is 12.5 Å². The summed E-state index contributed by atoms with van der Waals surface area (Å²) < 4.78 is 0. The summed E-state index contributed by atoms with van der Waals surface area (Å²) >= 11 is 1.84. The molecule has 0 aliphatic heterocycles. The highest BCUT2D eigenvalue weighted by Crippen LogP contribution is 2.07. The molecule has 124 valence electrons. The first-order chi connectivity index (χ1) is 10.7. The molecule has 0 heterocycles. The van der Waals surface area contributed by atoms with E-state index >= 15 is 0 Å². The molecular formula is C17H30N4S. The molecule has 0 bridgehead atoms. The van der Waals surface area contributed by atoms with Gasteiger partial charge in [0.25, 0.3) is 0 Å². The molecule has 0 fully saturated rings. The van der Waals surface area contributed by atoms with E-state index in [1.54, 1.807) is 0 Å². The third kappa shape index (κ3) is 7.71. The Labute approximate surface area is 139 Å². The Bertz CT molecular complexity index is 420. The van der Waals surface area contributed by atoms with Crippen LogP contribution in [0.25, 0.3) is 0 Å². The van der Waals surface area contributed by atoms with Crippen molar-refractivity contribution in [3.05, 3.63) is 35.9 Å². The van der Waals surface area contributed by atoms with Crippen LogP contribution in [0.3, 0.4) is 0 Å². The number of hydrogen-bond acceptors (Lipinski definition) is 3. The summed E-state index contributed by atoms with van der Waals surface area (Å²) in [7, 11) is 4.24. The summed E-state index contributed by atoms with van der Waals surface area (Å²) in [6.07, 6.45) is 3.13. The topological polar surface area (TPSA) is 39.7 Å². The molecule has 1 atom stereocenters.